The van der Waals surface area contributed by atoms with Gasteiger partial charge in [0.15, 0.2) is 0 Å². The predicted molar refractivity (Wildman–Crippen MR) is 64.1 cm³/mol. The molecule has 2 fully saturated rings. The zero-order valence-electron chi connectivity index (χ0n) is 9.74. The molecule has 1 aliphatic carbocycles. The van der Waals surface area contributed by atoms with Gasteiger partial charge in [-0.15, -0.1) is 0 Å². The van der Waals surface area contributed by atoms with E-state index in [1.54, 1.807) is 0 Å². The Morgan fingerprint density at radius 2 is 1.94 bits per heavy atom. The molecule has 2 amide bonds. The Kier molecular flexibility index (Phi) is 4.22. The molecule has 0 aromatic carbocycles. The monoisotopic (exact) mass is 223 g/mol. The van der Waals surface area contributed by atoms with E-state index in [1.165, 1.54) is 25.7 Å². The van der Waals surface area contributed by atoms with E-state index in [2.05, 4.69) is 16.7 Å². The van der Waals surface area contributed by atoms with E-state index < -0.39 is 0 Å². The summed E-state index contributed by atoms with van der Waals surface area (Å²) >= 11 is 0. The van der Waals surface area contributed by atoms with Gasteiger partial charge in [-0.2, -0.15) is 0 Å². The number of carbonyl (C=O) groups excluding carboxylic acids is 1. The Balaban J connectivity index is 1.69. The van der Waals surface area contributed by atoms with Crippen LogP contribution in [0.1, 0.15) is 25.7 Å². The lowest BCUT2D eigenvalue weighted by molar-refractivity contribution is 0.194. The number of nitrogens with zero attached hydrogens (tertiary/aromatic N) is 1. The Hall–Kier alpha value is -1.03. The van der Waals surface area contributed by atoms with E-state index in [0.29, 0.717) is 5.92 Å². The van der Waals surface area contributed by atoms with Crippen LogP contribution in [0.4, 0.5) is 4.79 Å². The lowest BCUT2D eigenvalue weighted by Gasteiger charge is -2.26. The van der Waals surface area contributed by atoms with Gasteiger partial charge in [-0.25, -0.2) is 4.79 Å². The third-order valence-corrected chi connectivity index (χ3v) is 3.38. The van der Waals surface area contributed by atoms with E-state index >= 15 is 0 Å². The van der Waals surface area contributed by atoms with Crippen LogP contribution in [0, 0.1) is 5.92 Å². The maximum Gasteiger partial charge on any atom is 0.321 e. The van der Waals surface area contributed by atoms with Gasteiger partial charge in [-0.3, -0.25) is 0 Å². The summed E-state index contributed by atoms with van der Waals surface area (Å²) in [4.78, 5) is 13.6. The third-order valence-electron chi connectivity index (χ3n) is 3.38. The molecule has 2 rings (SSSR count). The first kappa shape index (κ1) is 11.5. The number of piperazine rings is 1. The number of carbonyl (C=O) groups is 1. The summed E-state index contributed by atoms with van der Waals surface area (Å²) in [7, 11) is 0. The highest BCUT2D eigenvalue weighted by molar-refractivity contribution is 5.75. The zero-order chi connectivity index (χ0) is 11.2. The second-order valence-electron chi connectivity index (χ2n) is 4.59. The van der Waals surface area contributed by atoms with Gasteiger partial charge < -0.3 is 15.5 Å². The van der Waals surface area contributed by atoms with Gasteiger partial charge in [0.05, 0.1) is 0 Å². The maximum absolute atomic E-state index is 11.7. The van der Waals surface area contributed by atoms with E-state index in [0.717, 1.165) is 26.2 Å². The average Bonchev–Trinajstić information content (AvgIpc) is 2.83. The topological polar surface area (TPSA) is 44.4 Å². The van der Waals surface area contributed by atoms with Crippen molar-refractivity contribution >= 4 is 6.03 Å². The van der Waals surface area contributed by atoms with E-state index in [4.69, 9.17) is 0 Å². The van der Waals surface area contributed by atoms with Gasteiger partial charge >= 0.3 is 6.03 Å². The van der Waals surface area contributed by atoms with Crippen molar-refractivity contribution in [1.29, 1.82) is 0 Å². The molecule has 1 saturated heterocycles. The van der Waals surface area contributed by atoms with E-state index in [1.807, 2.05) is 11.1 Å². The number of hydrogen-bond donors (Lipinski definition) is 2. The first-order valence-electron chi connectivity index (χ1n) is 6.29. The molecule has 0 bridgehead atoms. The van der Waals surface area contributed by atoms with Crippen molar-refractivity contribution in [1.82, 2.24) is 15.5 Å². The second kappa shape index (κ2) is 5.89. The smallest absolute Gasteiger partial charge is 0.321 e. The number of allylic oxidation sites excluding steroid dienone is 1. The maximum atomic E-state index is 11.7. The minimum atomic E-state index is 0.0377. The van der Waals surface area contributed by atoms with Crippen LogP contribution in [0.25, 0.3) is 0 Å². The molecule has 0 radical (unpaired) electrons. The van der Waals surface area contributed by atoms with Gasteiger partial charge in [-0.1, -0.05) is 18.9 Å². The molecule has 0 aromatic rings. The van der Waals surface area contributed by atoms with Crippen molar-refractivity contribution in [3.05, 3.63) is 12.3 Å². The zero-order valence-corrected chi connectivity index (χ0v) is 9.74. The number of rotatable bonds is 2. The summed E-state index contributed by atoms with van der Waals surface area (Å²) in [6.45, 7) is 3.42. The fourth-order valence-corrected chi connectivity index (χ4v) is 2.36. The Bertz CT molecular complexity index is 253. The highest BCUT2D eigenvalue weighted by atomic mass is 16.2. The van der Waals surface area contributed by atoms with Gasteiger partial charge in [0.2, 0.25) is 0 Å². The SMILES string of the molecule is O=C(N/C=C/C1CCCC1)N1CCNCC1. The number of amides is 2. The van der Waals surface area contributed by atoms with Crippen LogP contribution in [0.3, 0.4) is 0 Å². The normalized spacial score (nSPS) is 22.9. The molecule has 4 nitrogen and oxygen atoms in total. The fourth-order valence-electron chi connectivity index (χ4n) is 2.36. The minimum Gasteiger partial charge on any atom is -0.322 e. The first-order valence-corrected chi connectivity index (χ1v) is 6.29. The molecule has 1 aliphatic heterocycles. The molecule has 1 saturated carbocycles. The molecule has 0 spiro atoms. The average molecular weight is 223 g/mol. The quantitative estimate of drug-likeness (QED) is 0.741. The Labute approximate surface area is 97.1 Å². The third kappa shape index (κ3) is 3.23. The van der Waals surface area contributed by atoms with Crippen LogP contribution < -0.4 is 10.6 Å². The van der Waals surface area contributed by atoms with E-state index in [9.17, 15) is 4.79 Å². The summed E-state index contributed by atoms with van der Waals surface area (Å²) in [5.74, 6) is 0.684. The molecule has 16 heavy (non-hydrogen) atoms. The van der Waals surface area contributed by atoms with Crippen molar-refractivity contribution in [3.8, 4) is 0 Å². The Morgan fingerprint density at radius 3 is 2.62 bits per heavy atom. The molecule has 2 aliphatic rings. The van der Waals surface area contributed by atoms with Crippen LogP contribution in [-0.2, 0) is 0 Å². The van der Waals surface area contributed by atoms with Crippen LogP contribution in [0.2, 0.25) is 0 Å². The standard InChI is InChI=1S/C12H21N3O/c16-12(15-9-7-13-8-10-15)14-6-5-11-3-1-2-4-11/h5-6,11,13H,1-4,7-10H2,(H,14,16)/b6-5+. The molecular formula is C12H21N3O. The second-order valence-corrected chi connectivity index (χ2v) is 4.59. The van der Waals surface area contributed by atoms with Gasteiger partial charge in [-0.05, 0) is 18.8 Å². The molecule has 0 atom stereocenters. The summed E-state index contributed by atoms with van der Waals surface area (Å²) in [5, 5.41) is 6.09. The number of hydrogen-bond acceptors (Lipinski definition) is 2. The lowest BCUT2D eigenvalue weighted by atomic mass is 10.1. The molecule has 1 heterocycles. The van der Waals surface area contributed by atoms with Gasteiger partial charge in [0.1, 0.15) is 0 Å². The minimum absolute atomic E-state index is 0.0377. The van der Waals surface area contributed by atoms with Crippen molar-refractivity contribution < 1.29 is 4.79 Å². The highest BCUT2D eigenvalue weighted by Gasteiger charge is 2.15. The van der Waals surface area contributed by atoms with Gasteiger partial charge in [0, 0.05) is 32.4 Å². The predicted octanol–water partition coefficient (Wildman–Crippen LogP) is 1.31. The van der Waals surface area contributed by atoms with Gasteiger partial charge in [0.25, 0.3) is 0 Å². The summed E-state index contributed by atoms with van der Waals surface area (Å²) in [5.41, 5.74) is 0. The molecular weight excluding hydrogens is 202 g/mol. The van der Waals surface area contributed by atoms with Crippen molar-refractivity contribution in [3.63, 3.8) is 0 Å². The fraction of sp³-hybridized carbons (Fsp3) is 0.750. The van der Waals surface area contributed by atoms with Crippen molar-refractivity contribution in [2.75, 3.05) is 26.2 Å². The van der Waals surface area contributed by atoms with Crippen LogP contribution in [0.5, 0.6) is 0 Å². The van der Waals surface area contributed by atoms with Crippen molar-refractivity contribution in [2.24, 2.45) is 5.92 Å². The van der Waals surface area contributed by atoms with Crippen LogP contribution >= 0.6 is 0 Å². The van der Waals surface area contributed by atoms with E-state index in [-0.39, 0.29) is 6.03 Å². The molecule has 0 unspecified atom stereocenters. The van der Waals surface area contributed by atoms with Crippen molar-refractivity contribution in [2.45, 2.75) is 25.7 Å². The van der Waals surface area contributed by atoms with Crippen LogP contribution in [-0.4, -0.2) is 37.1 Å². The lowest BCUT2D eigenvalue weighted by Crippen LogP contribution is -2.49. The molecule has 4 heteroatoms. The summed E-state index contributed by atoms with van der Waals surface area (Å²) in [6.07, 6.45) is 9.20. The first-order chi connectivity index (χ1) is 7.86. The summed E-state index contributed by atoms with van der Waals surface area (Å²) < 4.78 is 0. The molecule has 0 aromatic heterocycles. The molecule has 2 N–H and O–H groups in total. The molecule has 90 valence electrons. The number of urea groups is 1. The number of nitrogens with one attached hydrogen (secondary N) is 2. The van der Waals surface area contributed by atoms with Crippen LogP contribution in [0.15, 0.2) is 12.3 Å². The summed E-state index contributed by atoms with van der Waals surface area (Å²) in [6, 6.07) is 0.0377. The largest absolute Gasteiger partial charge is 0.322 e. The highest BCUT2D eigenvalue weighted by Crippen LogP contribution is 2.25. The Morgan fingerprint density at radius 1 is 1.25 bits per heavy atom.